The molecule has 2 heterocycles. The lowest BCUT2D eigenvalue weighted by Crippen LogP contribution is -2.40. The summed E-state index contributed by atoms with van der Waals surface area (Å²) in [5, 5.41) is 0.228. The van der Waals surface area contributed by atoms with Crippen LogP contribution in [-0.4, -0.2) is 50.1 Å². The fourth-order valence-corrected chi connectivity index (χ4v) is 3.08. The smallest absolute Gasteiger partial charge is 0.199 e. The molecule has 1 saturated heterocycles. The molecule has 1 aliphatic rings. The second kappa shape index (κ2) is 4.66. The molecule has 0 atom stereocenters. The first-order chi connectivity index (χ1) is 8.03. The van der Waals surface area contributed by atoms with Crippen molar-refractivity contribution in [3.63, 3.8) is 0 Å². The van der Waals surface area contributed by atoms with Gasteiger partial charge in [0, 0.05) is 13.1 Å². The quantitative estimate of drug-likeness (QED) is 0.728. The third-order valence-corrected chi connectivity index (χ3v) is 4.47. The summed E-state index contributed by atoms with van der Waals surface area (Å²) in [4.78, 5) is 9.75. The van der Waals surface area contributed by atoms with E-state index in [0.29, 0.717) is 24.7 Å². The van der Waals surface area contributed by atoms with Gasteiger partial charge in [-0.15, -0.1) is 0 Å². The molecule has 2 rings (SSSR count). The SMILES string of the molecule is COc1c(Cl)ncnc1N1CCS(=O)(=O)CC1. The van der Waals surface area contributed by atoms with E-state index in [1.54, 1.807) is 0 Å². The number of sulfone groups is 1. The molecule has 0 saturated carbocycles. The van der Waals surface area contributed by atoms with Crippen molar-refractivity contribution in [2.75, 3.05) is 36.6 Å². The molecule has 0 N–H and O–H groups in total. The molecule has 1 aromatic heterocycles. The lowest BCUT2D eigenvalue weighted by atomic mass is 10.4. The third kappa shape index (κ3) is 2.61. The molecule has 0 aromatic carbocycles. The summed E-state index contributed by atoms with van der Waals surface area (Å²) in [6, 6.07) is 0. The Labute approximate surface area is 104 Å². The van der Waals surface area contributed by atoms with Gasteiger partial charge in [-0.25, -0.2) is 18.4 Å². The summed E-state index contributed by atoms with van der Waals surface area (Å²) in [7, 11) is -1.43. The fraction of sp³-hybridized carbons (Fsp3) is 0.556. The number of hydrogen-bond acceptors (Lipinski definition) is 6. The zero-order valence-electron chi connectivity index (χ0n) is 9.26. The van der Waals surface area contributed by atoms with E-state index in [9.17, 15) is 8.42 Å². The first-order valence-electron chi connectivity index (χ1n) is 5.03. The van der Waals surface area contributed by atoms with Gasteiger partial charge in [0.05, 0.1) is 18.6 Å². The van der Waals surface area contributed by atoms with Crippen molar-refractivity contribution in [2.45, 2.75) is 0 Å². The predicted molar refractivity (Wildman–Crippen MR) is 64.5 cm³/mol. The Balaban J connectivity index is 2.27. The summed E-state index contributed by atoms with van der Waals surface area (Å²) in [6.07, 6.45) is 1.34. The molecule has 6 nitrogen and oxygen atoms in total. The van der Waals surface area contributed by atoms with Gasteiger partial charge in [0.1, 0.15) is 6.33 Å². The van der Waals surface area contributed by atoms with Gasteiger partial charge in [-0.1, -0.05) is 11.6 Å². The van der Waals surface area contributed by atoms with E-state index in [1.807, 2.05) is 4.90 Å². The largest absolute Gasteiger partial charge is 0.490 e. The van der Waals surface area contributed by atoms with E-state index in [-0.39, 0.29) is 16.7 Å². The van der Waals surface area contributed by atoms with Crippen LogP contribution in [0.1, 0.15) is 0 Å². The minimum absolute atomic E-state index is 0.123. The molecule has 0 unspecified atom stereocenters. The minimum Gasteiger partial charge on any atom is -0.490 e. The minimum atomic E-state index is -2.91. The van der Waals surface area contributed by atoms with Gasteiger partial charge in [-0.2, -0.15) is 0 Å². The van der Waals surface area contributed by atoms with Crippen LogP contribution in [0.25, 0.3) is 0 Å². The van der Waals surface area contributed by atoms with Crippen molar-refractivity contribution in [3.8, 4) is 5.75 Å². The van der Waals surface area contributed by atoms with Gasteiger partial charge in [0.25, 0.3) is 0 Å². The monoisotopic (exact) mass is 277 g/mol. The molecule has 1 aromatic rings. The van der Waals surface area contributed by atoms with Gasteiger partial charge in [0.15, 0.2) is 26.6 Å². The van der Waals surface area contributed by atoms with Gasteiger partial charge in [-0.3, -0.25) is 0 Å². The maximum Gasteiger partial charge on any atom is 0.199 e. The van der Waals surface area contributed by atoms with Crippen LogP contribution in [0.5, 0.6) is 5.75 Å². The normalized spacial score (nSPS) is 19.1. The number of methoxy groups -OCH3 is 1. The maximum atomic E-state index is 11.3. The summed E-state index contributed by atoms with van der Waals surface area (Å²) in [5.41, 5.74) is 0. The summed E-state index contributed by atoms with van der Waals surface area (Å²) < 4.78 is 27.8. The molecule has 8 heteroatoms. The summed E-state index contributed by atoms with van der Waals surface area (Å²) in [5.74, 6) is 1.17. The molecule has 94 valence electrons. The first-order valence-corrected chi connectivity index (χ1v) is 7.23. The molecular weight excluding hydrogens is 266 g/mol. The van der Waals surface area contributed by atoms with Gasteiger partial charge < -0.3 is 9.64 Å². The zero-order chi connectivity index (χ0) is 12.5. The van der Waals surface area contributed by atoms with E-state index in [4.69, 9.17) is 16.3 Å². The number of rotatable bonds is 2. The van der Waals surface area contributed by atoms with Crippen LogP contribution in [0.15, 0.2) is 6.33 Å². The van der Waals surface area contributed by atoms with E-state index in [2.05, 4.69) is 9.97 Å². The number of anilines is 1. The maximum absolute atomic E-state index is 11.3. The van der Waals surface area contributed by atoms with Crippen LogP contribution in [0.4, 0.5) is 5.82 Å². The molecule has 17 heavy (non-hydrogen) atoms. The van der Waals surface area contributed by atoms with E-state index >= 15 is 0 Å². The highest BCUT2D eigenvalue weighted by molar-refractivity contribution is 7.91. The average molecular weight is 278 g/mol. The van der Waals surface area contributed by atoms with Crippen molar-refractivity contribution in [1.29, 1.82) is 0 Å². The number of hydrogen-bond donors (Lipinski definition) is 0. The fourth-order valence-electron chi connectivity index (χ4n) is 1.67. The molecule has 1 fully saturated rings. The molecule has 1 aliphatic heterocycles. The highest BCUT2D eigenvalue weighted by Gasteiger charge is 2.25. The van der Waals surface area contributed by atoms with Crippen LogP contribution in [0.2, 0.25) is 5.15 Å². The van der Waals surface area contributed by atoms with Crippen molar-refractivity contribution in [3.05, 3.63) is 11.5 Å². The van der Waals surface area contributed by atoms with Crippen molar-refractivity contribution in [1.82, 2.24) is 9.97 Å². The van der Waals surface area contributed by atoms with Gasteiger partial charge in [0.2, 0.25) is 0 Å². The second-order valence-electron chi connectivity index (χ2n) is 3.66. The second-order valence-corrected chi connectivity index (χ2v) is 6.32. The van der Waals surface area contributed by atoms with Crippen molar-refractivity contribution >= 4 is 27.3 Å². The molecule has 0 bridgehead atoms. The van der Waals surface area contributed by atoms with E-state index in [0.717, 1.165) is 0 Å². The van der Waals surface area contributed by atoms with E-state index in [1.165, 1.54) is 13.4 Å². The molecule has 0 aliphatic carbocycles. The van der Waals surface area contributed by atoms with Crippen LogP contribution < -0.4 is 9.64 Å². The Bertz CT molecular complexity index is 506. The Morgan fingerprint density at radius 1 is 1.35 bits per heavy atom. The Morgan fingerprint density at radius 3 is 2.59 bits per heavy atom. The molecule has 0 radical (unpaired) electrons. The zero-order valence-corrected chi connectivity index (χ0v) is 10.8. The molecule has 0 amide bonds. The summed E-state index contributed by atoms with van der Waals surface area (Å²) in [6.45, 7) is 0.790. The van der Waals surface area contributed by atoms with Gasteiger partial charge >= 0.3 is 0 Å². The van der Waals surface area contributed by atoms with Crippen molar-refractivity contribution in [2.24, 2.45) is 0 Å². The summed E-state index contributed by atoms with van der Waals surface area (Å²) >= 11 is 5.88. The van der Waals surface area contributed by atoms with Crippen LogP contribution >= 0.6 is 11.6 Å². The number of ether oxygens (including phenoxy) is 1. The lowest BCUT2D eigenvalue weighted by molar-refractivity contribution is 0.410. The van der Waals surface area contributed by atoms with Crippen LogP contribution in [0.3, 0.4) is 0 Å². The predicted octanol–water partition coefficient (Wildman–Crippen LogP) is 0.373. The standard InChI is InChI=1S/C9H12ClN3O3S/c1-16-7-8(10)11-6-12-9(7)13-2-4-17(14,15)5-3-13/h6H,2-5H2,1H3. The van der Waals surface area contributed by atoms with Crippen LogP contribution in [-0.2, 0) is 9.84 Å². The van der Waals surface area contributed by atoms with E-state index < -0.39 is 9.84 Å². The van der Waals surface area contributed by atoms with Crippen LogP contribution in [0, 0.1) is 0 Å². The first kappa shape index (κ1) is 12.4. The highest BCUT2D eigenvalue weighted by atomic mass is 35.5. The molecular formula is C9H12ClN3O3S. The van der Waals surface area contributed by atoms with Gasteiger partial charge in [-0.05, 0) is 0 Å². The lowest BCUT2D eigenvalue weighted by Gasteiger charge is -2.28. The van der Waals surface area contributed by atoms with Crippen molar-refractivity contribution < 1.29 is 13.2 Å². The molecule has 0 spiro atoms. The number of aromatic nitrogens is 2. The Morgan fingerprint density at radius 2 is 2.00 bits per heavy atom. The Kier molecular flexibility index (Phi) is 3.39. The highest BCUT2D eigenvalue weighted by Crippen LogP contribution is 2.31. The average Bonchev–Trinajstić information content (AvgIpc) is 2.29. The number of nitrogens with zero attached hydrogens (tertiary/aromatic N) is 3. The Hall–Kier alpha value is -1.08. The third-order valence-electron chi connectivity index (χ3n) is 2.59. The topological polar surface area (TPSA) is 72.4 Å². The number of halogens is 1.